The lowest BCUT2D eigenvalue weighted by Crippen LogP contribution is -2.13. The summed E-state index contributed by atoms with van der Waals surface area (Å²) in [5.41, 5.74) is 7.22. The lowest BCUT2D eigenvalue weighted by Gasteiger charge is -2.10. The molecule has 0 aliphatic heterocycles. The van der Waals surface area contributed by atoms with Gasteiger partial charge in [0.05, 0.1) is 5.56 Å². The molecule has 0 heterocycles. The second-order valence-electron chi connectivity index (χ2n) is 4.48. The number of nitrogens with two attached hydrogens (primary N) is 1. The first-order valence-electron chi connectivity index (χ1n) is 6.05. The van der Waals surface area contributed by atoms with Crippen molar-refractivity contribution in [1.82, 2.24) is 0 Å². The molecule has 0 atom stereocenters. The van der Waals surface area contributed by atoms with Crippen LogP contribution in [0.1, 0.15) is 21.5 Å². The van der Waals surface area contributed by atoms with Gasteiger partial charge in [0.15, 0.2) is 0 Å². The molecule has 1 amide bonds. The van der Waals surface area contributed by atoms with E-state index in [0.29, 0.717) is 12.2 Å². The maximum atomic E-state index is 13.3. The van der Waals surface area contributed by atoms with Crippen molar-refractivity contribution < 1.29 is 13.6 Å². The molecule has 3 nitrogen and oxygen atoms in total. The molecule has 20 heavy (non-hydrogen) atoms. The zero-order valence-corrected chi connectivity index (χ0v) is 10.9. The number of nitrogens with one attached hydrogen (secondary N) is 1. The van der Waals surface area contributed by atoms with E-state index in [4.69, 9.17) is 5.73 Å². The Balaban J connectivity index is 2.15. The van der Waals surface area contributed by atoms with Crippen LogP contribution in [0.15, 0.2) is 36.4 Å². The van der Waals surface area contributed by atoms with Crippen molar-refractivity contribution in [3.63, 3.8) is 0 Å². The van der Waals surface area contributed by atoms with Gasteiger partial charge in [0.2, 0.25) is 0 Å². The first-order valence-corrected chi connectivity index (χ1v) is 6.05. The smallest absolute Gasteiger partial charge is 0.251 e. The number of hydrogen-bond acceptors (Lipinski definition) is 2. The zero-order chi connectivity index (χ0) is 14.7. The van der Waals surface area contributed by atoms with Crippen LogP contribution in [-0.2, 0) is 6.54 Å². The predicted molar refractivity (Wildman–Crippen MR) is 73.4 cm³/mol. The van der Waals surface area contributed by atoms with E-state index in [1.165, 1.54) is 30.3 Å². The number of benzene rings is 2. The van der Waals surface area contributed by atoms with Crippen LogP contribution in [0.4, 0.5) is 14.5 Å². The number of halogens is 2. The lowest BCUT2D eigenvalue weighted by atomic mass is 10.1. The minimum Gasteiger partial charge on any atom is -0.381 e. The fourth-order valence-electron chi connectivity index (χ4n) is 1.88. The van der Waals surface area contributed by atoms with E-state index in [2.05, 4.69) is 5.32 Å². The highest BCUT2D eigenvalue weighted by atomic mass is 19.1. The summed E-state index contributed by atoms with van der Waals surface area (Å²) >= 11 is 0. The lowest BCUT2D eigenvalue weighted by molar-refractivity contribution is 0.0996. The quantitative estimate of drug-likeness (QED) is 0.902. The van der Waals surface area contributed by atoms with Gasteiger partial charge in [0.1, 0.15) is 11.6 Å². The van der Waals surface area contributed by atoms with Gasteiger partial charge in [-0.05, 0) is 48.4 Å². The molecule has 3 N–H and O–H groups in total. The molecule has 0 radical (unpaired) electrons. The second kappa shape index (κ2) is 5.69. The number of rotatable bonds is 4. The average molecular weight is 276 g/mol. The van der Waals surface area contributed by atoms with Crippen LogP contribution in [0.3, 0.4) is 0 Å². The molecule has 0 bridgehead atoms. The van der Waals surface area contributed by atoms with E-state index in [-0.39, 0.29) is 11.4 Å². The maximum absolute atomic E-state index is 13.3. The summed E-state index contributed by atoms with van der Waals surface area (Å²) in [5, 5.41) is 3.05. The molecule has 0 saturated heterocycles. The van der Waals surface area contributed by atoms with Crippen LogP contribution >= 0.6 is 0 Å². The zero-order valence-electron chi connectivity index (χ0n) is 10.9. The summed E-state index contributed by atoms with van der Waals surface area (Å²) in [4.78, 5) is 11.1. The SMILES string of the molecule is Cc1cc(F)ccc1CNc1ccc(F)c(C(N)=O)c1. The van der Waals surface area contributed by atoms with Gasteiger partial charge in [0.25, 0.3) is 5.91 Å². The maximum Gasteiger partial charge on any atom is 0.251 e. The molecule has 2 aromatic rings. The molecule has 2 aromatic carbocycles. The van der Waals surface area contributed by atoms with Gasteiger partial charge in [0, 0.05) is 12.2 Å². The number of hydrogen-bond donors (Lipinski definition) is 2. The molecule has 5 heteroatoms. The summed E-state index contributed by atoms with van der Waals surface area (Å²) in [7, 11) is 0. The molecule has 104 valence electrons. The molecule has 0 saturated carbocycles. The fourth-order valence-corrected chi connectivity index (χ4v) is 1.88. The van der Waals surface area contributed by atoms with Crippen LogP contribution < -0.4 is 11.1 Å². The molecular formula is C15H14F2N2O. The molecule has 0 spiro atoms. The minimum absolute atomic E-state index is 0.161. The summed E-state index contributed by atoms with van der Waals surface area (Å²) in [5.74, 6) is -1.76. The van der Waals surface area contributed by atoms with E-state index in [1.807, 2.05) is 0 Å². The Bertz CT molecular complexity index is 656. The molecule has 0 unspecified atom stereocenters. The van der Waals surface area contributed by atoms with Gasteiger partial charge in [-0.3, -0.25) is 4.79 Å². The highest BCUT2D eigenvalue weighted by Crippen LogP contribution is 2.17. The minimum atomic E-state index is -0.816. The third-order valence-electron chi connectivity index (χ3n) is 3.02. The summed E-state index contributed by atoms with van der Waals surface area (Å²) in [6.07, 6.45) is 0. The molecular weight excluding hydrogens is 262 g/mol. The van der Waals surface area contributed by atoms with Gasteiger partial charge in [-0.25, -0.2) is 8.78 Å². The van der Waals surface area contributed by atoms with Gasteiger partial charge < -0.3 is 11.1 Å². The average Bonchev–Trinajstić information content (AvgIpc) is 2.39. The van der Waals surface area contributed by atoms with E-state index in [1.54, 1.807) is 13.0 Å². The predicted octanol–water partition coefficient (Wildman–Crippen LogP) is 2.98. The fraction of sp³-hybridized carbons (Fsp3) is 0.133. The molecule has 0 fully saturated rings. The van der Waals surface area contributed by atoms with E-state index in [0.717, 1.165) is 11.1 Å². The summed E-state index contributed by atoms with van der Waals surface area (Å²) in [6, 6.07) is 8.55. The molecule has 2 rings (SSSR count). The van der Waals surface area contributed by atoms with Gasteiger partial charge in [-0.2, -0.15) is 0 Å². The topological polar surface area (TPSA) is 55.1 Å². The van der Waals surface area contributed by atoms with Crippen molar-refractivity contribution in [1.29, 1.82) is 0 Å². The van der Waals surface area contributed by atoms with Gasteiger partial charge >= 0.3 is 0 Å². The standard InChI is InChI=1S/C15H14F2N2O/c1-9-6-11(16)3-2-10(9)8-19-12-4-5-14(17)13(7-12)15(18)20/h2-7,19H,8H2,1H3,(H2,18,20). The number of amides is 1. The van der Waals surface area contributed by atoms with Crippen molar-refractivity contribution in [2.45, 2.75) is 13.5 Å². The van der Waals surface area contributed by atoms with Crippen molar-refractivity contribution >= 4 is 11.6 Å². The Morgan fingerprint density at radius 1 is 1.20 bits per heavy atom. The third kappa shape index (κ3) is 3.12. The Hall–Kier alpha value is -2.43. The Kier molecular flexibility index (Phi) is 3.98. The van der Waals surface area contributed by atoms with Crippen molar-refractivity contribution in [2.75, 3.05) is 5.32 Å². The van der Waals surface area contributed by atoms with Gasteiger partial charge in [-0.1, -0.05) is 6.07 Å². The number of anilines is 1. The summed E-state index contributed by atoms with van der Waals surface area (Å²) < 4.78 is 26.3. The number of carbonyl (C=O) groups is 1. The normalized spacial score (nSPS) is 10.3. The highest BCUT2D eigenvalue weighted by Gasteiger charge is 2.09. The van der Waals surface area contributed by atoms with Crippen LogP contribution in [0.5, 0.6) is 0 Å². The highest BCUT2D eigenvalue weighted by molar-refractivity contribution is 5.94. The van der Waals surface area contributed by atoms with E-state index < -0.39 is 11.7 Å². The summed E-state index contributed by atoms with van der Waals surface area (Å²) in [6.45, 7) is 2.25. The third-order valence-corrected chi connectivity index (χ3v) is 3.02. The first-order chi connectivity index (χ1) is 9.47. The number of aryl methyl sites for hydroxylation is 1. The number of primary amides is 1. The monoisotopic (exact) mass is 276 g/mol. The van der Waals surface area contributed by atoms with Crippen LogP contribution in [0, 0.1) is 18.6 Å². The van der Waals surface area contributed by atoms with Crippen LogP contribution in [-0.4, -0.2) is 5.91 Å². The number of carbonyl (C=O) groups excluding carboxylic acids is 1. The molecule has 0 aromatic heterocycles. The van der Waals surface area contributed by atoms with Crippen LogP contribution in [0.2, 0.25) is 0 Å². The van der Waals surface area contributed by atoms with E-state index >= 15 is 0 Å². The molecule has 0 aliphatic rings. The van der Waals surface area contributed by atoms with E-state index in [9.17, 15) is 13.6 Å². The Labute approximate surface area is 115 Å². The molecule has 0 aliphatic carbocycles. The second-order valence-corrected chi connectivity index (χ2v) is 4.48. The van der Waals surface area contributed by atoms with Crippen molar-refractivity contribution in [3.8, 4) is 0 Å². The largest absolute Gasteiger partial charge is 0.381 e. The van der Waals surface area contributed by atoms with Gasteiger partial charge in [-0.15, -0.1) is 0 Å². The van der Waals surface area contributed by atoms with Crippen molar-refractivity contribution in [2.24, 2.45) is 5.73 Å². The first kappa shape index (κ1) is 14.0. The Morgan fingerprint density at radius 3 is 2.60 bits per heavy atom. The van der Waals surface area contributed by atoms with Crippen LogP contribution in [0.25, 0.3) is 0 Å². The van der Waals surface area contributed by atoms with Crippen molar-refractivity contribution in [3.05, 3.63) is 64.7 Å². The Morgan fingerprint density at radius 2 is 1.95 bits per heavy atom.